The highest BCUT2D eigenvalue weighted by Gasteiger charge is 1.68. The van der Waals surface area contributed by atoms with Crippen molar-refractivity contribution >= 4 is 15.9 Å². The van der Waals surface area contributed by atoms with Crippen LogP contribution < -0.4 is 5.90 Å². The second kappa shape index (κ2) is 4.40. The topological polar surface area (TPSA) is 35.2 Å². The van der Waals surface area contributed by atoms with Gasteiger partial charge in [-0.15, -0.1) is 0 Å². The number of rotatable bonds is 2. The van der Waals surface area contributed by atoms with E-state index in [1.807, 2.05) is 0 Å². The second-order valence-corrected chi connectivity index (χ2v) is 1.35. The van der Waals surface area contributed by atoms with Crippen molar-refractivity contribution in [2.75, 3.05) is 11.9 Å². The normalized spacial score (nSPS) is 8.40. The van der Waals surface area contributed by atoms with Gasteiger partial charge in [0.15, 0.2) is 0 Å². The number of hydrogen-bond donors (Lipinski definition) is 1. The standard InChI is InChI=1S/C2H6BrNO/c3-1-2-5-4/h1-2,4H2. The van der Waals surface area contributed by atoms with Crippen molar-refractivity contribution in [1.82, 2.24) is 0 Å². The summed E-state index contributed by atoms with van der Waals surface area (Å²) in [7, 11) is 0. The lowest BCUT2D eigenvalue weighted by molar-refractivity contribution is 0.155. The van der Waals surface area contributed by atoms with Crippen molar-refractivity contribution < 1.29 is 4.84 Å². The molecule has 0 unspecified atom stereocenters. The van der Waals surface area contributed by atoms with Crippen molar-refractivity contribution in [2.45, 2.75) is 0 Å². The van der Waals surface area contributed by atoms with E-state index in [0.717, 1.165) is 5.33 Å². The van der Waals surface area contributed by atoms with Crippen molar-refractivity contribution in [2.24, 2.45) is 5.90 Å². The largest absolute Gasteiger partial charge is 0.304 e. The Balaban J connectivity index is 2.19. The minimum absolute atomic E-state index is 0.583. The quantitative estimate of drug-likeness (QED) is 0.441. The third-order valence-corrected chi connectivity index (χ3v) is 0.519. The molecule has 0 aliphatic carbocycles. The fourth-order valence-corrected chi connectivity index (χ4v) is 0.231. The average molecular weight is 140 g/mol. The third kappa shape index (κ3) is 4.40. The molecule has 0 bridgehead atoms. The fraction of sp³-hybridized carbons (Fsp3) is 1.00. The van der Waals surface area contributed by atoms with Crippen LogP contribution in [-0.2, 0) is 4.84 Å². The van der Waals surface area contributed by atoms with Gasteiger partial charge in [-0.05, 0) is 0 Å². The monoisotopic (exact) mass is 139 g/mol. The number of nitrogens with two attached hydrogens (primary N) is 1. The van der Waals surface area contributed by atoms with Crippen LogP contribution in [-0.4, -0.2) is 11.9 Å². The van der Waals surface area contributed by atoms with Gasteiger partial charge in [-0.25, -0.2) is 5.90 Å². The van der Waals surface area contributed by atoms with Crippen LogP contribution in [0.15, 0.2) is 0 Å². The van der Waals surface area contributed by atoms with Crippen LogP contribution in [0.2, 0.25) is 0 Å². The molecule has 0 fully saturated rings. The molecule has 2 nitrogen and oxygen atoms in total. The molecular weight excluding hydrogens is 134 g/mol. The zero-order valence-electron chi connectivity index (χ0n) is 2.78. The Labute approximate surface area is 39.4 Å². The molecule has 0 amide bonds. The highest BCUT2D eigenvalue weighted by molar-refractivity contribution is 9.09. The van der Waals surface area contributed by atoms with E-state index in [2.05, 4.69) is 26.7 Å². The summed E-state index contributed by atoms with van der Waals surface area (Å²) in [5.41, 5.74) is 0. The average Bonchev–Trinajstić information content (AvgIpc) is 1.41. The Morgan fingerprint density at radius 1 is 1.80 bits per heavy atom. The zero-order valence-corrected chi connectivity index (χ0v) is 4.36. The summed E-state index contributed by atoms with van der Waals surface area (Å²) in [6.07, 6.45) is 0. The van der Waals surface area contributed by atoms with Gasteiger partial charge in [0.2, 0.25) is 0 Å². The summed E-state index contributed by atoms with van der Waals surface area (Å²) in [4.78, 5) is 4.14. The number of hydrogen-bond acceptors (Lipinski definition) is 2. The molecule has 0 aromatic heterocycles. The first-order valence-corrected chi connectivity index (χ1v) is 2.41. The SMILES string of the molecule is NOCCBr. The predicted octanol–water partition coefficient (Wildman–Crippen LogP) is 0.272. The van der Waals surface area contributed by atoms with Crippen molar-refractivity contribution in [3.05, 3.63) is 0 Å². The predicted molar refractivity (Wildman–Crippen MR) is 23.9 cm³/mol. The molecule has 3 heteroatoms. The molecule has 2 N–H and O–H groups in total. The van der Waals surface area contributed by atoms with Crippen LogP contribution >= 0.6 is 15.9 Å². The summed E-state index contributed by atoms with van der Waals surface area (Å²) in [5.74, 6) is 4.61. The molecule has 0 atom stereocenters. The molecule has 0 radical (unpaired) electrons. The van der Waals surface area contributed by atoms with E-state index in [9.17, 15) is 0 Å². The maximum absolute atomic E-state index is 4.61. The molecule has 0 aromatic rings. The summed E-state index contributed by atoms with van der Waals surface area (Å²) in [6.45, 7) is 0.583. The third-order valence-electron chi connectivity index (χ3n) is 0.195. The molecule has 5 heavy (non-hydrogen) atoms. The van der Waals surface area contributed by atoms with E-state index in [0.29, 0.717) is 6.61 Å². The summed E-state index contributed by atoms with van der Waals surface area (Å²) in [5, 5.41) is 0.809. The molecule has 0 aliphatic rings. The van der Waals surface area contributed by atoms with E-state index < -0.39 is 0 Å². The van der Waals surface area contributed by atoms with Crippen LogP contribution in [0.4, 0.5) is 0 Å². The van der Waals surface area contributed by atoms with Crippen LogP contribution in [0.5, 0.6) is 0 Å². The van der Waals surface area contributed by atoms with E-state index in [4.69, 9.17) is 0 Å². The molecule has 0 spiro atoms. The van der Waals surface area contributed by atoms with E-state index in [1.165, 1.54) is 0 Å². The molecule has 0 saturated heterocycles. The Bertz CT molecular complexity index is 17.1. The number of alkyl halides is 1. The van der Waals surface area contributed by atoms with Gasteiger partial charge in [0, 0.05) is 5.33 Å². The molecule has 0 aromatic carbocycles. The number of halogens is 1. The van der Waals surface area contributed by atoms with Crippen LogP contribution in [0, 0.1) is 0 Å². The van der Waals surface area contributed by atoms with Crippen molar-refractivity contribution in [3.8, 4) is 0 Å². The molecule has 0 aliphatic heterocycles. The smallest absolute Gasteiger partial charge is 0.0776 e. The van der Waals surface area contributed by atoms with Gasteiger partial charge in [0.1, 0.15) is 0 Å². The van der Waals surface area contributed by atoms with Gasteiger partial charge in [0.25, 0.3) is 0 Å². The second-order valence-electron chi connectivity index (χ2n) is 0.560. The first-order chi connectivity index (χ1) is 2.41. The first-order valence-electron chi connectivity index (χ1n) is 1.29. The van der Waals surface area contributed by atoms with Crippen molar-refractivity contribution in [3.63, 3.8) is 0 Å². The van der Waals surface area contributed by atoms with Gasteiger partial charge < -0.3 is 4.84 Å². The molecule has 0 heterocycles. The fourth-order valence-electron chi connectivity index (χ4n) is 0.0445. The lowest BCUT2D eigenvalue weighted by atomic mass is 10.9. The minimum atomic E-state index is 0.583. The van der Waals surface area contributed by atoms with Crippen LogP contribution in [0.25, 0.3) is 0 Å². The van der Waals surface area contributed by atoms with Gasteiger partial charge in [-0.1, -0.05) is 15.9 Å². The maximum atomic E-state index is 4.61. The first kappa shape index (κ1) is 5.40. The van der Waals surface area contributed by atoms with E-state index in [1.54, 1.807) is 0 Å². The Morgan fingerprint density at radius 2 is 2.40 bits per heavy atom. The molecule has 0 saturated carbocycles. The Hall–Kier alpha value is 0.400. The van der Waals surface area contributed by atoms with E-state index >= 15 is 0 Å². The lowest BCUT2D eigenvalue weighted by Gasteiger charge is -1.82. The Morgan fingerprint density at radius 3 is 2.40 bits per heavy atom. The molecule has 32 valence electrons. The van der Waals surface area contributed by atoms with Crippen molar-refractivity contribution in [1.29, 1.82) is 0 Å². The van der Waals surface area contributed by atoms with Gasteiger partial charge in [-0.3, -0.25) is 0 Å². The lowest BCUT2D eigenvalue weighted by Crippen LogP contribution is -2.00. The van der Waals surface area contributed by atoms with Crippen LogP contribution in [0.3, 0.4) is 0 Å². The Kier molecular flexibility index (Phi) is 4.75. The van der Waals surface area contributed by atoms with E-state index in [-0.39, 0.29) is 0 Å². The van der Waals surface area contributed by atoms with Gasteiger partial charge in [0.05, 0.1) is 6.61 Å². The van der Waals surface area contributed by atoms with Gasteiger partial charge in [-0.2, -0.15) is 0 Å². The maximum Gasteiger partial charge on any atom is 0.0776 e. The minimum Gasteiger partial charge on any atom is -0.304 e. The summed E-state index contributed by atoms with van der Waals surface area (Å²) < 4.78 is 0. The highest BCUT2D eigenvalue weighted by Crippen LogP contribution is 1.73. The summed E-state index contributed by atoms with van der Waals surface area (Å²) in [6, 6.07) is 0. The molecular formula is C2H6BrNO. The van der Waals surface area contributed by atoms with Gasteiger partial charge >= 0.3 is 0 Å². The van der Waals surface area contributed by atoms with Crippen LogP contribution in [0.1, 0.15) is 0 Å². The summed E-state index contributed by atoms with van der Waals surface area (Å²) >= 11 is 3.10. The highest BCUT2D eigenvalue weighted by atomic mass is 79.9. The zero-order chi connectivity index (χ0) is 4.12. The molecule has 0 rings (SSSR count).